The van der Waals surface area contributed by atoms with E-state index >= 15 is 0 Å². The van der Waals surface area contributed by atoms with E-state index in [1.807, 2.05) is 12.1 Å². The zero-order chi connectivity index (χ0) is 22.2. The molecule has 0 aliphatic heterocycles. The van der Waals surface area contributed by atoms with E-state index in [1.165, 1.54) is 21.3 Å². The zero-order valence-corrected chi connectivity index (χ0v) is 19.3. The molecule has 1 aromatic carbocycles. The van der Waals surface area contributed by atoms with Crippen LogP contribution in [0.4, 0.5) is 0 Å². The summed E-state index contributed by atoms with van der Waals surface area (Å²) in [7, 11) is 0. The molecule has 1 atom stereocenters. The SMILES string of the molecule is CC1CCc2c(sc3ncn(CC(=O)NN=Cc4ccc(C(C)(C)C)cc4)c(=O)c23)C1. The van der Waals surface area contributed by atoms with Gasteiger partial charge in [0.05, 0.1) is 17.9 Å². The van der Waals surface area contributed by atoms with Crippen LogP contribution < -0.4 is 11.0 Å². The molecule has 0 spiro atoms. The molecule has 2 aromatic heterocycles. The normalized spacial score (nSPS) is 16.6. The summed E-state index contributed by atoms with van der Waals surface area (Å²) in [6.45, 7) is 8.62. The van der Waals surface area contributed by atoms with Crippen LogP contribution in [0.3, 0.4) is 0 Å². The standard InChI is InChI=1S/C24H28N4O2S/c1-15-5-10-18-19(11-15)31-22-21(18)23(30)28(14-25-22)13-20(29)27-26-12-16-6-8-17(9-7-16)24(2,3)4/h6-9,12,14-15H,5,10-11,13H2,1-4H3,(H,27,29). The van der Waals surface area contributed by atoms with E-state index in [9.17, 15) is 9.59 Å². The van der Waals surface area contributed by atoms with Gasteiger partial charge < -0.3 is 0 Å². The second kappa shape index (κ2) is 8.38. The van der Waals surface area contributed by atoms with E-state index in [0.717, 1.165) is 35.2 Å². The van der Waals surface area contributed by atoms with E-state index in [0.29, 0.717) is 11.3 Å². The molecule has 162 valence electrons. The summed E-state index contributed by atoms with van der Waals surface area (Å²) in [5, 5.41) is 4.72. The maximum Gasteiger partial charge on any atom is 0.262 e. The van der Waals surface area contributed by atoms with Crippen molar-refractivity contribution in [2.75, 3.05) is 0 Å². The van der Waals surface area contributed by atoms with Crippen molar-refractivity contribution >= 4 is 33.7 Å². The molecular formula is C24H28N4O2S. The van der Waals surface area contributed by atoms with Gasteiger partial charge in [0.25, 0.3) is 11.5 Å². The van der Waals surface area contributed by atoms with Crippen molar-refractivity contribution in [1.29, 1.82) is 0 Å². The van der Waals surface area contributed by atoms with E-state index in [-0.39, 0.29) is 23.4 Å². The number of aromatic nitrogens is 2. The van der Waals surface area contributed by atoms with Crippen molar-refractivity contribution in [3.05, 3.63) is 62.5 Å². The van der Waals surface area contributed by atoms with Gasteiger partial charge in [0.1, 0.15) is 11.4 Å². The van der Waals surface area contributed by atoms with Crippen LogP contribution in [0.15, 0.2) is 40.5 Å². The lowest BCUT2D eigenvalue weighted by atomic mass is 9.87. The smallest absolute Gasteiger partial charge is 0.262 e. The molecule has 31 heavy (non-hydrogen) atoms. The number of nitrogens with zero attached hydrogens (tertiary/aromatic N) is 3. The van der Waals surface area contributed by atoms with Crippen molar-refractivity contribution in [2.24, 2.45) is 11.0 Å². The Morgan fingerprint density at radius 1 is 1.32 bits per heavy atom. The third kappa shape index (κ3) is 4.61. The second-order valence-corrected chi connectivity index (χ2v) is 10.5. The molecule has 0 saturated heterocycles. The lowest BCUT2D eigenvalue weighted by Crippen LogP contribution is -2.30. The maximum atomic E-state index is 13.0. The third-order valence-corrected chi connectivity index (χ3v) is 6.94. The fourth-order valence-corrected chi connectivity index (χ4v) is 5.26. The highest BCUT2D eigenvalue weighted by atomic mass is 32.1. The second-order valence-electron chi connectivity index (χ2n) is 9.37. The Bertz CT molecular complexity index is 1200. The summed E-state index contributed by atoms with van der Waals surface area (Å²) in [5.41, 5.74) is 5.71. The van der Waals surface area contributed by atoms with Crippen molar-refractivity contribution in [3.63, 3.8) is 0 Å². The fraction of sp³-hybridized carbons (Fsp3) is 0.417. The molecule has 1 amide bonds. The first-order valence-electron chi connectivity index (χ1n) is 10.6. The van der Waals surface area contributed by atoms with Gasteiger partial charge in [0.2, 0.25) is 0 Å². The van der Waals surface area contributed by atoms with Gasteiger partial charge in [-0.1, -0.05) is 52.0 Å². The van der Waals surface area contributed by atoms with Crippen molar-refractivity contribution in [3.8, 4) is 0 Å². The lowest BCUT2D eigenvalue weighted by Gasteiger charge is -2.18. The van der Waals surface area contributed by atoms with Crippen LogP contribution in [0.5, 0.6) is 0 Å². The van der Waals surface area contributed by atoms with Crippen LogP contribution >= 0.6 is 11.3 Å². The zero-order valence-electron chi connectivity index (χ0n) is 18.4. The van der Waals surface area contributed by atoms with Gasteiger partial charge in [-0.2, -0.15) is 5.10 Å². The van der Waals surface area contributed by atoms with Gasteiger partial charge in [0, 0.05) is 4.88 Å². The van der Waals surface area contributed by atoms with Crippen LogP contribution in [0.1, 0.15) is 55.7 Å². The number of nitrogens with one attached hydrogen (secondary N) is 1. The molecule has 1 unspecified atom stereocenters. The Kier molecular flexibility index (Phi) is 5.79. The quantitative estimate of drug-likeness (QED) is 0.496. The Hall–Kier alpha value is -2.80. The molecule has 3 aromatic rings. The number of fused-ring (bicyclic) bond motifs is 3. The summed E-state index contributed by atoms with van der Waals surface area (Å²) >= 11 is 1.61. The minimum Gasteiger partial charge on any atom is -0.289 e. The number of benzene rings is 1. The van der Waals surface area contributed by atoms with Gasteiger partial charge in [0.15, 0.2) is 0 Å². The summed E-state index contributed by atoms with van der Waals surface area (Å²) < 4.78 is 1.37. The highest BCUT2D eigenvalue weighted by molar-refractivity contribution is 7.18. The molecule has 0 bridgehead atoms. The molecule has 0 saturated carbocycles. The number of aryl methyl sites for hydroxylation is 1. The minimum atomic E-state index is -0.358. The first-order chi connectivity index (χ1) is 14.7. The molecule has 0 fully saturated rings. The number of hydrogen-bond acceptors (Lipinski definition) is 5. The number of carbonyl (C=O) groups excluding carboxylic acids is 1. The number of hydrogen-bond donors (Lipinski definition) is 1. The Labute approximate surface area is 186 Å². The van der Waals surface area contributed by atoms with Gasteiger partial charge in [-0.25, -0.2) is 10.4 Å². The first-order valence-corrected chi connectivity index (χ1v) is 11.5. The average molecular weight is 437 g/mol. The topological polar surface area (TPSA) is 76.3 Å². The highest BCUT2D eigenvalue weighted by Gasteiger charge is 2.23. The average Bonchev–Trinajstić information content (AvgIpc) is 3.08. The lowest BCUT2D eigenvalue weighted by molar-refractivity contribution is -0.121. The fourth-order valence-electron chi connectivity index (χ4n) is 3.92. The van der Waals surface area contributed by atoms with Crippen LogP contribution in [-0.4, -0.2) is 21.7 Å². The number of amides is 1. The Balaban J connectivity index is 1.44. The first kappa shape index (κ1) is 21.4. The molecular weight excluding hydrogens is 408 g/mol. The number of hydrazone groups is 1. The van der Waals surface area contributed by atoms with Crippen molar-refractivity contribution < 1.29 is 4.79 Å². The predicted octanol–water partition coefficient (Wildman–Crippen LogP) is 4.03. The van der Waals surface area contributed by atoms with Crippen LogP contribution in [0.2, 0.25) is 0 Å². The van der Waals surface area contributed by atoms with Crippen molar-refractivity contribution in [2.45, 2.75) is 58.9 Å². The number of carbonyl (C=O) groups is 1. The molecule has 1 N–H and O–H groups in total. The predicted molar refractivity (Wildman–Crippen MR) is 126 cm³/mol. The summed E-state index contributed by atoms with van der Waals surface area (Å²) in [4.78, 5) is 31.8. The number of rotatable bonds is 4. The molecule has 2 heterocycles. The van der Waals surface area contributed by atoms with Crippen LogP contribution in [-0.2, 0) is 29.6 Å². The summed E-state index contributed by atoms with van der Waals surface area (Å²) in [6, 6.07) is 8.07. The maximum absolute atomic E-state index is 13.0. The van der Waals surface area contributed by atoms with E-state index in [2.05, 4.69) is 55.3 Å². The third-order valence-electron chi connectivity index (χ3n) is 5.78. The van der Waals surface area contributed by atoms with Crippen LogP contribution in [0.25, 0.3) is 10.2 Å². The monoisotopic (exact) mass is 436 g/mol. The molecule has 1 aliphatic rings. The Morgan fingerprint density at radius 3 is 2.77 bits per heavy atom. The van der Waals surface area contributed by atoms with E-state index in [1.54, 1.807) is 17.6 Å². The van der Waals surface area contributed by atoms with Gasteiger partial charge in [-0.05, 0) is 47.3 Å². The van der Waals surface area contributed by atoms with Gasteiger partial charge >= 0.3 is 0 Å². The molecule has 0 radical (unpaired) electrons. The van der Waals surface area contributed by atoms with E-state index in [4.69, 9.17) is 0 Å². The largest absolute Gasteiger partial charge is 0.289 e. The molecule has 7 heteroatoms. The van der Waals surface area contributed by atoms with Gasteiger partial charge in [-0.3, -0.25) is 14.2 Å². The molecule has 1 aliphatic carbocycles. The number of thiophene rings is 1. The van der Waals surface area contributed by atoms with Crippen LogP contribution in [0, 0.1) is 5.92 Å². The van der Waals surface area contributed by atoms with E-state index < -0.39 is 0 Å². The van der Waals surface area contributed by atoms with Crippen molar-refractivity contribution in [1.82, 2.24) is 15.0 Å². The summed E-state index contributed by atoms with van der Waals surface area (Å²) in [5.74, 6) is 0.277. The highest BCUT2D eigenvalue weighted by Crippen LogP contribution is 2.35. The molecule has 4 rings (SSSR count). The molecule has 6 nitrogen and oxygen atoms in total. The minimum absolute atomic E-state index is 0.0895. The Morgan fingerprint density at radius 2 is 2.06 bits per heavy atom. The summed E-state index contributed by atoms with van der Waals surface area (Å²) in [6.07, 6.45) is 6.05. The van der Waals surface area contributed by atoms with Gasteiger partial charge in [-0.15, -0.1) is 11.3 Å².